The summed E-state index contributed by atoms with van der Waals surface area (Å²) in [5.41, 5.74) is 1.63. The van der Waals surface area contributed by atoms with Gasteiger partial charge in [0.05, 0.1) is 9.79 Å². The van der Waals surface area contributed by atoms with Crippen LogP contribution in [0.3, 0.4) is 0 Å². The Balaban J connectivity index is 1.33. The fourth-order valence-electron chi connectivity index (χ4n) is 3.86. The Bertz CT molecular complexity index is 1480. The maximum atomic E-state index is 13.1. The summed E-state index contributed by atoms with van der Waals surface area (Å²) in [5, 5.41) is 3.53. The van der Waals surface area contributed by atoms with E-state index in [4.69, 9.17) is 12.2 Å². The highest BCUT2D eigenvalue weighted by Crippen LogP contribution is 2.25. The minimum Gasteiger partial charge on any atom is -0.346 e. The number of sulfonamides is 2. The summed E-state index contributed by atoms with van der Waals surface area (Å²) in [4.78, 5) is 9.96. The van der Waals surface area contributed by atoms with Crippen molar-refractivity contribution in [1.82, 2.24) is 19.2 Å². The van der Waals surface area contributed by atoms with Crippen LogP contribution in [0.1, 0.15) is 26.3 Å². The highest BCUT2D eigenvalue weighted by atomic mass is 32.2. The first-order valence-corrected chi connectivity index (χ1v) is 15.3. The molecule has 0 saturated carbocycles. The first-order chi connectivity index (χ1) is 17.9. The third kappa shape index (κ3) is 6.46. The van der Waals surface area contributed by atoms with Gasteiger partial charge in [0, 0.05) is 44.3 Å². The van der Waals surface area contributed by atoms with E-state index < -0.39 is 20.0 Å². The van der Waals surface area contributed by atoms with Crippen LogP contribution in [-0.4, -0.2) is 67.3 Å². The molecule has 0 aliphatic carbocycles. The van der Waals surface area contributed by atoms with E-state index in [0.29, 0.717) is 37.0 Å². The van der Waals surface area contributed by atoms with Gasteiger partial charge in [-0.3, -0.25) is 0 Å². The molecule has 38 heavy (non-hydrogen) atoms. The van der Waals surface area contributed by atoms with Gasteiger partial charge in [-0.1, -0.05) is 32.9 Å². The number of anilines is 2. The van der Waals surface area contributed by atoms with Crippen LogP contribution in [-0.2, 0) is 25.5 Å². The average molecular weight is 575 g/mol. The maximum absolute atomic E-state index is 13.1. The summed E-state index contributed by atoms with van der Waals surface area (Å²) >= 11 is 5.52. The highest BCUT2D eigenvalue weighted by molar-refractivity contribution is 7.92. The maximum Gasteiger partial charge on any atom is 0.264 e. The van der Waals surface area contributed by atoms with E-state index in [0.717, 1.165) is 5.56 Å². The molecule has 3 aromatic rings. The van der Waals surface area contributed by atoms with Gasteiger partial charge in [0.25, 0.3) is 10.0 Å². The quantitative estimate of drug-likeness (QED) is 0.427. The van der Waals surface area contributed by atoms with Gasteiger partial charge < -0.3 is 10.2 Å². The second kappa shape index (κ2) is 10.9. The second-order valence-electron chi connectivity index (χ2n) is 9.80. The number of piperazine rings is 1. The summed E-state index contributed by atoms with van der Waals surface area (Å²) < 4.78 is 55.2. The lowest BCUT2D eigenvalue weighted by molar-refractivity contribution is 0.268. The zero-order chi connectivity index (χ0) is 27.6. The standard InChI is InChI=1S/C25H30N6O4S3/c1-25(2,3)19-5-9-22(10-6-19)38(34,35)31-17-15-30(16-18-31)24(36)28-20-7-11-21(12-8-20)37(32,33)29-23-26-13-4-14-27-23/h4-14H,15-18H2,1-3H3,(H,28,36)(H,26,27,29). The molecule has 1 aliphatic rings. The van der Waals surface area contributed by atoms with Crippen molar-refractivity contribution >= 4 is 49.0 Å². The molecular formula is C25H30N6O4S3. The Labute approximate surface area is 229 Å². The van der Waals surface area contributed by atoms with Gasteiger partial charge in [0.15, 0.2) is 5.11 Å². The smallest absolute Gasteiger partial charge is 0.264 e. The molecule has 1 fully saturated rings. The van der Waals surface area contributed by atoms with E-state index in [1.807, 2.05) is 17.0 Å². The SMILES string of the molecule is CC(C)(C)c1ccc(S(=O)(=O)N2CCN(C(=S)Nc3ccc(S(=O)(=O)Nc4ncccn4)cc3)CC2)cc1. The number of rotatable bonds is 6. The Morgan fingerprint density at radius 3 is 1.95 bits per heavy atom. The van der Waals surface area contributed by atoms with Crippen LogP contribution in [0.5, 0.6) is 0 Å². The normalized spacial score (nSPS) is 15.2. The molecule has 2 N–H and O–H groups in total. The summed E-state index contributed by atoms with van der Waals surface area (Å²) in [5.74, 6) is -0.0149. The van der Waals surface area contributed by atoms with Crippen molar-refractivity contribution in [2.75, 3.05) is 36.2 Å². The number of benzene rings is 2. The van der Waals surface area contributed by atoms with Crippen LogP contribution < -0.4 is 10.0 Å². The Morgan fingerprint density at radius 1 is 0.842 bits per heavy atom. The molecule has 10 nitrogen and oxygen atoms in total. The zero-order valence-electron chi connectivity index (χ0n) is 21.3. The molecule has 0 spiro atoms. The van der Waals surface area contributed by atoms with Gasteiger partial charge in [0.1, 0.15) is 0 Å². The van der Waals surface area contributed by atoms with Gasteiger partial charge >= 0.3 is 0 Å². The van der Waals surface area contributed by atoms with E-state index in [9.17, 15) is 16.8 Å². The third-order valence-corrected chi connectivity index (χ3v) is 9.71. The lowest BCUT2D eigenvalue weighted by Crippen LogP contribution is -2.51. The first-order valence-electron chi connectivity index (χ1n) is 11.9. The van der Waals surface area contributed by atoms with Crippen molar-refractivity contribution in [2.24, 2.45) is 0 Å². The molecular weight excluding hydrogens is 545 g/mol. The Hall–Kier alpha value is -3.13. The van der Waals surface area contributed by atoms with Gasteiger partial charge in [-0.05, 0) is 65.7 Å². The monoisotopic (exact) mass is 574 g/mol. The summed E-state index contributed by atoms with van der Waals surface area (Å²) in [7, 11) is -7.44. The molecule has 2 aromatic carbocycles. The number of nitrogens with one attached hydrogen (secondary N) is 2. The second-order valence-corrected chi connectivity index (χ2v) is 13.8. The Morgan fingerprint density at radius 2 is 1.39 bits per heavy atom. The molecule has 1 aromatic heterocycles. The lowest BCUT2D eigenvalue weighted by atomic mass is 9.87. The van der Waals surface area contributed by atoms with Crippen molar-refractivity contribution in [2.45, 2.75) is 36.0 Å². The summed E-state index contributed by atoms with van der Waals surface area (Å²) in [6.07, 6.45) is 2.89. The topological polar surface area (TPSA) is 125 Å². The molecule has 202 valence electrons. The fraction of sp³-hybridized carbons (Fsp3) is 0.320. The van der Waals surface area contributed by atoms with Crippen molar-refractivity contribution < 1.29 is 16.8 Å². The van der Waals surface area contributed by atoms with Gasteiger partial charge in [-0.25, -0.2) is 31.5 Å². The Kier molecular flexibility index (Phi) is 8.02. The van der Waals surface area contributed by atoms with E-state index in [1.165, 1.54) is 28.8 Å². The number of hydrogen-bond donors (Lipinski definition) is 2. The first kappa shape index (κ1) is 27.9. The summed E-state index contributed by atoms with van der Waals surface area (Å²) in [6.45, 7) is 7.72. The molecule has 0 atom stereocenters. The van der Waals surface area contributed by atoms with Crippen LogP contribution in [0.2, 0.25) is 0 Å². The van der Waals surface area contributed by atoms with E-state index in [2.05, 4.69) is 40.8 Å². The third-order valence-electron chi connectivity index (χ3n) is 6.09. The van der Waals surface area contributed by atoms with Gasteiger partial charge in [-0.15, -0.1) is 0 Å². The van der Waals surface area contributed by atoms with Gasteiger partial charge in [-0.2, -0.15) is 4.31 Å². The van der Waals surface area contributed by atoms with E-state index in [-0.39, 0.29) is 21.2 Å². The van der Waals surface area contributed by atoms with Crippen LogP contribution in [0.4, 0.5) is 11.6 Å². The lowest BCUT2D eigenvalue weighted by Gasteiger charge is -2.35. The fourth-order valence-corrected chi connectivity index (χ4v) is 6.54. The largest absolute Gasteiger partial charge is 0.346 e. The van der Waals surface area contributed by atoms with Crippen LogP contribution in [0, 0.1) is 0 Å². The minimum atomic E-state index is -3.84. The molecule has 0 amide bonds. The van der Waals surface area contributed by atoms with Crippen molar-refractivity contribution in [3.05, 3.63) is 72.6 Å². The predicted molar refractivity (Wildman–Crippen MR) is 151 cm³/mol. The van der Waals surface area contributed by atoms with Crippen molar-refractivity contribution in [3.8, 4) is 0 Å². The van der Waals surface area contributed by atoms with Gasteiger partial charge in [0.2, 0.25) is 16.0 Å². The number of thiocarbonyl (C=S) groups is 1. The summed E-state index contributed by atoms with van der Waals surface area (Å²) in [6, 6.07) is 14.8. The molecule has 0 bridgehead atoms. The molecule has 1 aliphatic heterocycles. The molecule has 0 radical (unpaired) electrons. The number of aromatic nitrogens is 2. The molecule has 0 unspecified atom stereocenters. The van der Waals surface area contributed by atoms with E-state index >= 15 is 0 Å². The zero-order valence-corrected chi connectivity index (χ0v) is 23.8. The van der Waals surface area contributed by atoms with Crippen molar-refractivity contribution in [1.29, 1.82) is 0 Å². The van der Waals surface area contributed by atoms with Crippen molar-refractivity contribution in [3.63, 3.8) is 0 Å². The molecule has 2 heterocycles. The minimum absolute atomic E-state index is 0.0149. The van der Waals surface area contributed by atoms with Crippen LogP contribution in [0.25, 0.3) is 0 Å². The predicted octanol–water partition coefficient (Wildman–Crippen LogP) is 3.28. The van der Waals surface area contributed by atoms with Crippen LogP contribution in [0.15, 0.2) is 76.8 Å². The molecule has 1 saturated heterocycles. The van der Waals surface area contributed by atoms with E-state index in [1.54, 1.807) is 30.3 Å². The average Bonchev–Trinajstić information content (AvgIpc) is 2.89. The molecule has 4 rings (SSSR count). The number of hydrogen-bond acceptors (Lipinski definition) is 7. The molecule has 13 heteroatoms. The number of nitrogens with zero attached hydrogens (tertiary/aromatic N) is 4. The van der Waals surface area contributed by atoms with Crippen LogP contribution >= 0.6 is 12.2 Å². The highest BCUT2D eigenvalue weighted by Gasteiger charge is 2.29.